The highest BCUT2D eigenvalue weighted by Gasteiger charge is 2.45. The lowest BCUT2D eigenvalue weighted by atomic mass is 9.75. The Morgan fingerprint density at radius 3 is 2.29 bits per heavy atom. The fraction of sp³-hybridized carbons (Fsp3) is 0.370. The van der Waals surface area contributed by atoms with Crippen LogP contribution in [-0.2, 0) is 16.0 Å². The zero-order valence-electron chi connectivity index (χ0n) is 20.1. The summed E-state index contributed by atoms with van der Waals surface area (Å²) in [5.74, 6) is -4.85. The van der Waals surface area contributed by atoms with Gasteiger partial charge in [-0.3, -0.25) is 14.4 Å². The van der Waals surface area contributed by atoms with Crippen LogP contribution in [0.4, 0.5) is 13.2 Å². The van der Waals surface area contributed by atoms with E-state index in [0.717, 1.165) is 0 Å². The molecule has 8 nitrogen and oxygen atoms in total. The van der Waals surface area contributed by atoms with Crippen molar-refractivity contribution >= 4 is 17.5 Å². The van der Waals surface area contributed by atoms with Crippen LogP contribution in [0.25, 0.3) is 0 Å². The highest BCUT2D eigenvalue weighted by molar-refractivity contribution is 6.30. The predicted octanol–water partition coefficient (Wildman–Crippen LogP) is 3.04. The van der Waals surface area contributed by atoms with Gasteiger partial charge in [0.2, 0.25) is 0 Å². The van der Waals surface area contributed by atoms with Crippen molar-refractivity contribution in [2.45, 2.75) is 62.6 Å². The van der Waals surface area contributed by atoms with Crippen molar-refractivity contribution < 1.29 is 47.6 Å². The van der Waals surface area contributed by atoms with Crippen molar-refractivity contribution in [3.8, 4) is 11.5 Å². The highest BCUT2D eigenvalue weighted by atomic mass is 19.4. The second kappa shape index (κ2) is 9.25. The van der Waals surface area contributed by atoms with Crippen LogP contribution in [0.3, 0.4) is 0 Å². The van der Waals surface area contributed by atoms with E-state index in [1.54, 1.807) is 24.3 Å². The second-order valence-corrected chi connectivity index (χ2v) is 9.78. The minimum Gasteiger partial charge on any atom is -0.507 e. The van der Waals surface area contributed by atoms with Gasteiger partial charge >= 0.3 is 12.1 Å². The fourth-order valence-corrected chi connectivity index (χ4v) is 5.65. The van der Waals surface area contributed by atoms with E-state index in [4.69, 9.17) is 4.74 Å². The number of hydrogen-bond donors (Lipinski definition) is 4. The Balaban J connectivity index is 1.48. The normalized spacial score (nSPS) is 26.4. The zero-order valence-corrected chi connectivity index (χ0v) is 20.1. The number of allylic oxidation sites excluding steroid dienone is 2. The van der Waals surface area contributed by atoms with Crippen LogP contribution in [0.5, 0.6) is 11.5 Å². The van der Waals surface area contributed by atoms with E-state index < -0.39 is 65.4 Å². The molecule has 1 aliphatic heterocycles. The summed E-state index contributed by atoms with van der Waals surface area (Å²) in [6, 6.07) is 4.88. The topological polar surface area (TPSA) is 133 Å². The molecule has 1 heterocycles. The third-order valence-electron chi connectivity index (χ3n) is 7.43. The minimum absolute atomic E-state index is 0.101. The summed E-state index contributed by atoms with van der Waals surface area (Å²) in [5.41, 5.74) is 0.151. The highest BCUT2D eigenvalue weighted by Crippen LogP contribution is 2.49. The molecule has 4 N–H and O–H groups in total. The first-order valence-corrected chi connectivity index (χ1v) is 12.1. The maximum atomic E-state index is 13.3. The van der Waals surface area contributed by atoms with E-state index in [1.807, 2.05) is 5.32 Å². The lowest BCUT2D eigenvalue weighted by molar-refractivity contribution is -0.179. The van der Waals surface area contributed by atoms with Crippen LogP contribution in [0.1, 0.15) is 68.7 Å². The number of hydrogen-bond acceptors (Lipinski definition) is 7. The van der Waals surface area contributed by atoms with Crippen molar-refractivity contribution in [3.05, 3.63) is 69.8 Å². The number of carbonyl (C=O) groups excluding carboxylic acids is 3. The first-order chi connectivity index (χ1) is 17.9. The van der Waals surface area contributed by atoms with E-state index in [-0.39, 0.29) is 52.6 Å². The maximum Gasteiger partial charge on any atom is 0.471 e. The summed E-state index contributed by atoms with van der Waals surface area (Å²) < 4.78 is 44.2. The van der Waals surface area contributed by atoms with Gasteiger partial charge in [0.15, 0.2) is 11.6 Å². The number of aliphatic hydroxyl groups excluding tert-OH is 1. The molecule has 0 bridgehead atoms. The van der Waals surface area contributed by atoms with E-state index in [9.17, 15) is 42.9 Å². The Kier molecular flexibility index (Phi) is 6.31. The number of ether oxygens (including phenoxy) is 1. The Bertz CT molecular complexity index is 1380. The first kappa shape index (κ1) is 25.9. The summed E-state index contributed by atoms with van der Waals surface area (Å²) in [5, 5.41) is 34.5. The second-order valence-electron chi connectivity index (χ2n) is 9.78. The maximum absolute atomic E-state index is 13.3. The largest absolute Gasteiger partial charge is 0.507 e. The van der Waals surface area contributed by atoms with E-state index in [0.29, 0.717) is 0 Å². The molecule has 1 unspecified atom stereocenters. The molecule has 2 aliphatic carbocycles. The van der Waals surface area contributed by atoms with Gasteiger partial charge < -0.3 is 25.4 Å². The number of aromatic hydroxyl groups is 2. The number of nitrogens with one attached hydrogen (secondary N) is 1. The standard InChI is InChI=1S/C27H24F3NO7/c1-11-21(32)17(31-26(37)27(28,29)30)10-13(38-11)9-12-5-4-8-16-18(12)25(36)20-19(24(16)35)22(33)14-6-2-3-7-15(14)23(20)34/h2-7,11-13,17,21,32,35-36H,8-10H2,1H3,(H,31,37)/t11-,12?,13+,17+,21+/m1/s1. The molecule has 2 aromatic carbocycles. The Morgan fingerprint density at radius 2 is 1.68 bits per heavy atom. The van der Waals surface area contributed by atoms with Crippen molar-refractivity contribution in [1.82, 2.24) is 5.32 Å². The number of phenols is 2. The van der Waals surface area contributed by atoms with Crippen molar-refractivity contribution in [2.24, 2.45) is 0 Å². The minimum atomic E-state index is -5.12. The SMILES string of the molecule is C[C@H]1O[C@@H](CC2C=CCc3c(O)c4c(c(O)c32)C(=O)c2ccccc2C4=O)C[C@H](NC(=O)C(F)(F)F)[C@H]1O. The molecule has 0 aromatic heterocycles. The molecule has 3 aliphatic rings. The smallest absolute Gasteiger partial charge is 0.471 e. The van der Waals surface area contributed by atoms with Crippen molar-refractivity contribution in [2.75, 3.05) is 0 Å². The summed E-state index contributed by atoms with van der Waals surface area (Å²) >= 11 is 0. The van der Waals surface area contributed by atoms with E-state index >= 15 is 0 Å². The number of rotatable bonds is 3. The molecule has 5 rings (SSSR count). The first-order valence-electron chi connectivity index (χ1n) is 12.1. The molecule has 0 spiro atoms. The number of ketones is 2. The summed E-state index contributed by atoms with van der Waals surface area (Å²) in [6.45, 7) is 1.47. The quantitative estimate of drug-likeness (QED) is 0.302. The number of fused-ring (bicyclic) bond motifs is 3. The summed E-state index contributed by atoms with van der Waals surface area (Å²) in [4.78, 5) is 38.0. The fourth-order valence-electron chi connectivity index (χ4n) is 5.65. The molecule has 0 radical (unpaired) electrons. The lowest BCUT2D eigenvalue weighted by Crippen LogP contribution is -2.57. The monoisotopic (exact) mass is 531 g/mol. The number of aliphatic hydroxyl groups is 1. The van der Waals surface area contributed by atoms with Gasteiger partial charge in [-0.1, -0.05) is 36.4 Å². The number of halogens is 3. The summed E-state index contributed by atoms with van der Waals surface area (Å²) in [6.07, 6.45) is -4.58. The van der Waals surface area contributed by atoms with Gasteiger partial charge in [0, 0.05) is 28.2 Å². The van der Waals surface area contributed by atoms with E-state index in [2.05, 4.69) is 0 Å². The summed E-state index contributed by atoms with van der Waals surface area (Å²) in [7, 11) is 0. The number of alkyl halides is 3. The number of amides is 1. The molecular weight excluding hydrogens is 507 g/mol. The third-order valence-corrected chi connectivity index (χ3v) is 7.43. The molecule has 2 aromatic rings. The van der Waals surface area contributed by atoms with Crippen LogP contribution in [0.2, 0.25) is 0 Å². The molecule has 5 atom stereocenters. The molecule has 38 heavy (non-hydrogen) atoms. The Morgan fingerprint density at radius 1 is 1.08 bits per heavy atom. The van der Waals surface area contributed by atoms with Gasteiger partial charge in [-0.15, -0.1) is 0 Å². The van der Waals surface area contributed by atoms with Gasteiger partial charge in [-0.25, -0.2) is 0 Å². The Hall–Kier alpha value is -3.70. The third kappa shape index (κ3) is 4.15. The van der Waals surface area contributed by atoms with E-state index in [1.165, 1.54) is 19.1 Å². The zero-order chi connectivity index (χ0) is 27.5. The van der Waals surface area contributed by atoms with Gasteiger partial charge in [0.25, 0.3) is 0 Å². The molecular formula is C27H24F3NO7. The number of benzene rings is 2. The average molecular weight is 531 g/mol. The molecule has 0 saturated carbocycles. The Labute approximate surface area is 214 Å². The molecule has 1 saturated heterocycles. The van der Waals surface area contributed by atoms with Crippen LogP contribution >= 0.6 is 0 Å². The number of phenolic OH excluding ortho intramolecular Hbond substituents is 2. The lowest BCUT2D eigenvalue weighted by Gasteiger charge is -2.40. The number of carbonyl (C=O) groups is 3. The van der Waals surface area contributed by atoms with Crippen molar-refractivity contribution in [3.63, 3.8) is 0 Å². The van der Waals surface area contributed by atoms with Gasteiger partial charge in [0.1, 0.15) is 17.6 Å². The molecule has 11 heteroatoms. The molecule has 1 amide bonds. The predicted molar refractivity (Wildman–Crippen MR) is 126 cm³/mol. The van der Waals surface area contributed by atoms with Crippen LogP contribution in [0, 0.1) is 0 Å². The van der Waals surface area contributed by atoms with Crippen LogP contribution in [0.15, 0.2) is 36.4 Å². The van der Waals surface area contributed by atoms with Crippen LogP contribution in [-0.4, -0.2) is 63.3 Å². The van der Waals surface area contributed by atoms with Crippen molar-refractivity contribution in [1.29, 1.82) is 0 Å². The molecule has 1 fully saturated rings. The van der Waals surface area contributed by atoms with Crippen LogP contribution < -0.4 is 5.32 Å². The molecule has 200 valence electrons. The average Bonchev–Trinajstić information content (AvgIpc) is 2.87. The van der Waals surface area contributed by atoms with Gasteiger partial charge in [-0.2, -0.15) is 13.2 Å². The van der Waals surface area contributed by atoms with Gasteiger partial charge in [0.05, 0.1) is 29.4 Å². The van der Waals surface area contributed by atoms with Gasteiger partial charge in [-0.05, 0) is 26.2 Å².